The Morgan fingerprint density at radius 3 is 2.04 bits per heavy atom. The van der Waals surface area contributed by atoms with Crippen LogP contribution in [0.15, 0.2) is 12.2 Å². The van der Waals surface area contributed by atoms with Gasteiger partial charge >= 0.3 is 11.9 Å². The molecule has 0 fully saturated rings. The van der Waals surface area contributed by atoms with Crippen LogP contribution >= 0.6 is 0 Å². The lowest BCUT2D eigenvalue weighted by Gasteiger charge is -2.34. The van der Waals surface area contributed by atoms with Gasteiger partial charge in [-0.1, -0.05) is 20.4 Å². The van der Waals surface area contributed by atoms with E-state index in [0.717, 1.165) is 12.8 Å². The predicted molar refractivity (Wildman–Crippen MR) is 105 cm³/mol. The molecule has 1 atom stereocenters. The fraction of sp³-hybridized carbons (Fsp3) is 0.810. The van der Waals surface area contributed by atoms with Gasteiger partial charge < -0.3 is 18.9 Å². The van der Waals surface area contributed by atoms with E-state index in [9.17, 15) is 9.59 Å². The summed E-state index contributed by atoms with van der Waals surface area (Å²) in [6.07, 6.45) is 1.80. The van der Waals surface area contributed by atoms with Crippen LogP contribution in [0, 0.1) is 5.92 Å². The van der Waals surface area contributed by atoms with Gasteiger partial charge in [-0.15, -0.1) is 0 Å². The average molecular weight is 387 g/mol. The first-order valence-electron chi connectivity index (χ1n) is 9.68. The van der Waals surface area contributed by atoms with Gasteiger partial charge in [0.25, 0.3) is 0 Å². The molecule has 0 saturated heterocycles. The Kier molecular flexibility index (Phi) is 10.9. The first-order valence-corrected chi connectivity index (χ1v) is 9.68. The Balaban J connectivity index is 4.72. The monoisotopic (exact) mass is 386 g/mol. The van der Waals surface area contributed by atoms with Crippen molar-refractivity contribution >= 4 is 11.9 Å². The Morgan fingerprint density at radius 2 is 1.56 bits per heavy atom. The molecule has 158 valence electrons. The normalized spacial score (nSPS) is 13.4. The van der Waals surface area contributed by atoms with E-state index in [1.54, 1.807) is 20.8 Å². The number of hydrogen-bond acceptors (Lipinski definition) is 6. The summed E-state index contributed by atoms with van der Waals surface area (Å²) in [6, 6.07) is 0. The lowest BCUT2D eigenvalue weighted by Crippen LogP contribution is -2.40. The van der Waals surface area contributed by atoms with Gasteiger partial charge in [0.15, 0.2) is 0 Å². The lowest BCUT2D eigenvalue weighted by molar-refractivity contribution is -0.168. The third kappa shape index (κ3) is 11.1. The molecular weight excluding hydrogens is 348 g/mol. The highest BCUT2D eigenvalue weighted by Gasteiger charge is 2.32. The quantitative estimate of drug-likeness (QED) is 0.206. The van der Waals surface area contributed by atoms with Crippen molar-refractivity contribution in [3.8, 4) is 0 Å². The standard InChI is InChI=1S/C21H38O6/c1-10-24-17(12-15(3)4)13-20(6,7)26-14-21(8,9)27-19(23)16(5)18(22)25-11-2/h15,17H,5,10-14H2,1-4,6-9H3. The van der Waals surface area contributed by atoms with Gasteiger partial charge in [-0.25, -0.2) is 9.59 Å². The minimum atomic E-state index is -0.914. The van der Waals surface area contributed by atoms with E-state index < -0.39 is 23.1 Å². The van der Waals surface area contributed by atoms with Crippen LogP contribution in [0.1, 0.15) is 68.2 Å². The molecule has 0 radical (unpaired) electrons. The van der Waals surface area contributed by atoms with Gasteiger partial charge in [0, 0.05) is 13.0 Å². The molecule has 0 aliphatic carbocycles. The third-order valence-corrected chi connectivity index (χ3v) is 3.80. The zero-order valence-corrected chi connectivity index (χ0v) is 18.3. The summed E-state index contributed by atoms with van der Waals surface area (Å²) in [5.74, 6) is -1.04. The zero-order valence-electron chi connectivity index (χ0n) is 18.3. The van der Waals surface area contributed by atoms with Crippen molar-refractivity contribution in [1.82, 2.24) is 0 Å². The van der Waals surface area contributed by atoms with Gasteiger partial charge in [0.05, 0.1) is 24.9 Å². The molecule has 1 unspecified atom stereocenters. The predicted octanol–water partition coefficient (Wildman–Crippen LogP) is 4.06. The highest BCUT2D eigenvalue weighted by molar-refractivity contribution is 6.13. The smallest absolute Gasteiger partial charge is 0.345 e. The maximum atomic E-state index is 12.1. The molecule has 27 heavy (non-hydrogen) atoms. The van der Waals surface area contributed by atoms with Gasteiger partial charge in [0.1, 0.15) is 11.2 Å². The highest BCUT2D eigenvalue weighted by atomic mass is 16.6. The molecule has 6 nitrogen and oxygen atoms in total. The Morgan fingerprint density at radius 1 is 0.963 bits per heavy atom. The van der Waals surface area contributed by atoms with Crippen molar-refractivity contribution in [2.75, 3.05) is 19.8 Å². The van der Waals surface area contributed by atoms with E-state index in [-0.39, 0.29) is 24.9 Å². The first-order chi connectivity index (χ1) is 12.3. The zero-order chi connectivity index (χ0) is 21.3. The Bertz CT molecular complexity index is 493. The average Bonchev–Trinajstić information content (AvgIpc) is 2.51. The SMILES string of the molecule is C=C(C(=O)OCC)C(=O)OC(C)(C)COC(C)(C)CC(CC(C)C)OCC. The summed E-state index contributed by atoms with van der Waals surface area (Å²) in [7, 11) is 0. The van der Waals surface area contributed by atoms with Crippen LogP contribution in [0.25, 0.3) is 0 Å². The van der Waals surface area contributed by atoms with Crippen LogP contribution in [0.2, 0.25) is 0 Å². The molecule has 0 aromatic rings. The largest absolute Gasteiger partial charge is 0.462 e. The number of esters is 2. The summed E-state index contributed by atoms with van der Waals surface area (Å²) < 4.78 is 22.0. The number of ether oxygens (including phenoxy) is 4. The molecule has 0 aromatic heterocycles. The molecule has 0 spiro atoms. The van der Waals surface area contributed by atoms with E-state index in [1.807, 2.05) is 20.8 Å². The molecule has 0 aromatic carbocycles. The summed E-state index contributed by atoms with van der Waals surface area (Å²) in [4.78, 5) is 23.7. The Labute approximate surface area is 164 Å². The second-order valence-electron chi connectivity index (χ2n) is 8.31. The molecule has 0 aliphatic heterocycles. The summed E-state index contributed by atoms with van der Waals surface area (Å²) >= 11 is 0. The molecule has 0 heterocycles. The minimum absolute atomic E-state index is 0.110. The van der Waals surface area contributed by atoms with Crippen LogP contribution < -0.4 is 0 Å². The van der Waals surface area contributed by atoms with Crippen LogP contribution in [-0.2, 0) is 28.5 Å². The van der Waals surface area contributed by atoms with E-state index >= 15 is 0 Å². The van der Waals surface area contributed by atoms with Crippen LogP contribution in [-0.4, -0.2) is 49.1 Å². The maximum Gasteiger partial charge on any atom is 0.345 e. The van der Waals surface area contributed by atoms with E-state index in [2.05, 4.69) is 20.4 Å². The van der Waals surface area contributed by atoms with Crippen molar-refractivity contribution in [2.24, 2.45) is 5.92 Å². The van der Waals surface area contributed by atoms with E-state index in [4.69, 9.17) is 18.9 Å². The van der Waals surface area contributed by atoms with Crippen LogP contribution in [0.5, 0.6) is 0 Å². The molecule has 0 rings (SSSR count). The highest BCUT2D eigenvalue weighted by Crippen LogP contribution is 2.25. The van der Waals surface area contributed by atoms with Gasteiger partial charge in [0.2, 0.25) is 0 Å². The fourth-order valence-electron chi connectivity index (χ4n) is 2.59. The van der Waals surface area contributed by atoms with Crippen molar-refractivity contribution in [3.63, 3.8) is 0 Å². The number of carbonyl (C=O) groups excluding carboxylic acids is 2. The molecular formula is C21H38O6. The number of rotatable bonds is 13. The third-order valence-electron chi connectivity index (χ3n) is 3.80. The van der Waals surface area contributed by atoms with Crippen LogP contribution in [0.4, 0.5) is 0 Å². The maximum absolute atomic E-state index is 12.1. The molecule has 0 N–H and O–H groups in total. The topological polar surface area (TPSA) is 71.1 Å². The van der Waals surface area contributed by atoms with E-state index in [1.165, 1.54) is 0 Å². The molecule has 0 saturated carbocycles. The van der Waals surface area contributed by atoms with Crippen molar-refractivity contribution in [3.05, 3.63) is 12.2 Å². The van der Waals surface area contributed by atoms with Gasteiger partial charge in [-0.05, 0) is 53.9 Å². The lowest BCUT2D eigenvalue weighted by atomic mass is 9.94. The fourth-order valence-corrected chi connectivity index (χ4v) is 2.59. The number of hydrogen-bond donors (Lipinski definition) is 0. The van der Waals surface area contributed by atoms with Crippen LogP contribution in [0.3, 0.4) is 0 Å². The summed E-state index contributed by atoms with van der Waals surface area (Å²) in [5, 5.41) is 0. The van der Waals surface area contributed by atoms with Crippen molar-refractivity contribution in [1.29, 1.82) is 0 Å². The molecule has 0 aliphatic rings. The van der Waals surface area contributed by atoms with Crippen molar-refractivity contribution < 1.29 is 28.5 Å². The van der Waals surface area contributed by atoms with Gasteiger partial charge in [-0.2, -0.15) is 0 Å². The Hall–Kier alpha value is -1.40. The molecule has 0 amide bonds. The minimum Gasteiger partial charge on any atom is -0.462 e. The first kappa shape index (κ1) is 25.6. The van der Waals surface area contributed by atoms with E-state index in [0.29, 0.717) is 12.5 Å². The summed E-state index contributed by atoms with van der Waals surface area (Å²) in [6.45, 7) is 19.9. The summed E-state index contributed by atoms with van der Waals surface area (Å²) in [5.41, 5.74) is -1.68. The second kappa shape index (κ2) is 11.4. The van der Waals surface area contributed by atoms with Crippen molar-refractivity contribution in [2.45, 2.75) is 85.5 Å². The van der Waals surface area contributed by atoms with Gasteiger partial charge in [-0.3, -0.25) is 0 Å². The molecule has 6 heteroatoms. The molecule has 0 bridgehead atoms. The second-order valence-corrected chi connectivity index (χ2v) is 8.31. The number of carbonyl (C=O) groups is 2.